The summed E-state index contributed by atoms with van der Waals surface area (Å²) in [4.78, 5) is 0. The summed E-state index contributed by atoms with van der Waals surface area (Å²) in [6.45, 7) is 0. The van der Waals surface area contributed by atoms with Crippen molar-refractivity contribution in [2.45, 2.75) is 12.8 Å². The van der Waals surface area contributed by atoms with E-state index in [0.717, 1.165) is 0 Å². The average molecular weight is 158 g/mol. The van der Waals surface area contributed by atoms with E-state index in [0.29, 0.717) is 0 Å². The topological polar surface area (TPSA) is 0 Å². The van der Waals surface area contributed by atoms with Gasteiger partial charge in [-0.25, -0.2) is 12.8 Å². The summed E-state index contributed by atoms with van der Waals surface area (Å²) in [7, 11) is 0. The molecule has 0 spiro atoms. The van der Waals surface area contributed by atoms with Crippen molar-refractivity contribution in [2.75, 3.05) is 0 Å². The van der Waals surface area contributed by atoms with Crippen molar-refractivity contribution in [1.82, 2.24) is 0 Å². The predicted octanol–water partition coefficient (Wildman–Crippen LogP) is 1.85. The molecule has 2 heteroatoms. The molecule has 0 aromatic rings. The van der Waals surface area contributed by atoms with Crippen LogP contribution in [0.3, 0.4) is 0 Å². The first-order valence-corrected chi connectivity index (χ1v) is 1.32. The van der Waals surface area contributed by atoms with Gasteiger partial charge in [-0.1, -0.05) is 0 Å². The molecule has 0 aliphatic heterocycles. The Morgan fingerprint density at radius 2 is 1.33 bits per heavy atom. The Kier molecular flexibility index (Phi) is 24.5. The van der Waals surface area contributed by atoms with E-state index < -0.39 is 0 Å². The summed E-state index contributed by atoms with van der Waals surface area (Å²) in [6, 6.07) is 0. The molecule has 1 aliphatic rings. The van der Waals surface area contributed by atoms with Gasteiger partial charge >= 0.3 is 19.5 Å². The van der Waals surface area contributed by atoms with Gasteiger partial charge in [0.15, 0.2) is 0 Å². The molecule has 0 amide bonds. The largest absolute Gasteiger partial charge is 2.00 e. The zero-order valence-corrected chi connectivity index (χ0v) is 7.89. The van der Waals surface area contributed by atoms with Gasteiger partial charge in [-0.15, -0.1) is 12.4 Å². The van der Waals surface area contributed by atoms with Crippen molar-refractivity contribution in [2.24, 2.45) is 0 Å². The van der Waals surface area contributed by atoms with Crippen LogP contribution in [0.5, 0.6) is 0 Å². The summed E-state index contributed by atoms with van der Waals surface area (Å²) in [6.07, 6.45) is 5.00. The van der Waals surface area contributed by atoms with E-state index in [2.05, 4.69) is 6.42 Å². The molecule has 0 heterocycles. The molecule has 0 saturated heterocycles. The summed E-state index contributed by atoms with van der Waals surface area (Å²) < 4.78 is 0. The summed E-state index contributed by atoms with van der Waals surface area (Å²) >= 11 is 0. The Morgan fingerprint density at radius 1 is 1.17 bits per heavy atom. The van der Waals surface area contributed by atoms with Gasteiger partial charge in [0.1, 0.15) is 0 Å². The van der Waals surface area contributed by atoms with Crippen molar-refractivity contribution >= 4 is 12.4 Å². The molecular formula is C4H9ClZn. The fourth-order valence-corrected chi connectivity index (χ4v) is 0. The summed E-state index contributed by atoms with van der Waals surface area (Å²) in [5.41, 5.74) is 0. The van der Waals surface area contributed by atoms with Crippen LogP contribution in [0.15, 0.2) is 0 Å². The quantitative estimate of drug-likeness (QED) is 0.372. The Bertz CT molecular complexity index is 12.3. The predicted molar refractivity (Wildman–Crippen MR) is 27.2 cm³/mol. The average Bonchev–Trinajstić information content (AvgIpc) is 1.46. The Balaban J connectivity index is -0.0000000300. The third-order valence-electron chi connectivity index (χ3n) is 0.289. The van der Waals surface area contributed by atoms with Crippen LogP contribution < -0.4 is 0 Å². The summed E-state index contributed by atoms with van der Waals surface area (Å²) in [5, 5.41) is 0. The molecule has 34 valence electrons. The fraction of sp³-hybridized carbons (Fsp3) is 0.500. The standard InChI is InChI=1S/C3H5.CH3.ClH.Zn/c1-2-3-1;;;/h1H,2-3H2;1H3;1H;/q2*-1;;+2. The first-order chi connectivity index (χ1) is 1.50. The van der Waals surface area contributed by atoms with Crippen LogP contribution in [-0.2, 0) is 19.5 Å². The van der Waals surface area contributed by atoms with Crippen LogP contribution in [0.25, 0.3) is 0 Å². The molecule has 0 unspecified atom stereocenters. The molecule has 6 heavy (non-hydrogen) atoms. The van der Waals surface area contributed by atoms with Crippen molar-refractivity contribution in [3.8, 4) is 0 Å². The first kappa shape index (κ1) is 15.8. The van der Waals surface area contributed by atoms with Gasteiger partial charge < -0.3 is 13.8 Å². The van der Waals surface area contributed by atoms with E-state index in [4.69, 9.17) is 0 Å². The van der Waals surface area contributed by atoms with Crippen molar-refractivity contribution in [3.05, 3.63) is 13.8 Å². The van der Waals surface area contributed by atoms with Crippen molar-refractivity contribution in [1.29, 1.82) is 0 Å². The van der Waals surface area contributed by atoms with Gasteiger partial charge in [-0.2, -0.15) is 0 Å². The second-order valence-electron chi connectivity index (χ2n) is 0.866. The molecule has 0 radical (unpaired) electrons. The Morgan fingerprint density at radius 3 is 1.33 bits per heavy atom. The van der Waals surface area contributed by atoms with Gasteiger partial charge in [0.05, 0.1) is 0 Å². The molecule has 0 N–H and O–H groups in total. The Hall–Kier alpha value is 0.913. The van der Waals surface area contributed by atoms with Gasteiger partial charge in [0.25, 0.3) is 0 Å². The molecule has 1 aliphatic carbocycles. The SMILES string of the molecule is Cl.[CH-]1CC1.[CH3-].[Zn+2]. The van der Waals surface area contributed by atoms with Crippen LogP contribution >= 0.6 is 12.4 Å². The number of hydrogen-bond acceptors (Lipinski definition) is 0. The third kappa shape index (κ3) is 20.6. The molecule has 0 aromatic carbocycles. The molecular weight excluding hydrogens is 149 g/mol. The Labute approximate surface area is 58.9 Å². The monoisotopic (exact) mass is 156 g/mol. The smallest absolute Gasteiger partial charge is 0.358 e. The van der Waals surface area contributed by atoms with Crippen molar-refractivity contribution < 1.29 is 19.5 Å². The zero-order valence-electron chi connectivity index (χ0n) is 4.11. The minimum absolute atomic E-state index is 0. The maximum Gasteiger partial charge on any atom is 2.00 e. The molecule has 1 rings (SSSR count). The minimum Gasteiger partial charge on any atom is -0.358 e. The number of rotatable bonds is 0. The van der Waals surface area contributed by atoms with Crippen molar-refractivity contribution in [3.63, 3.8) is 0 Å². The van der Waals surface area contributed by atoms with Gasteiger partial charge in [-0.05, 0) is 0 Å². The van der Waals surface area contributed by atoms with Crippen LogP contribution in [0.4, 0.5) is 0 Å². The molecule has 0 atom stereocenters. The molecule has 1 fully saturated rings. The van der Waals surface area contributed by atoms with Crippen LogP contribution in [0, 0.1) is 13.8 Å². The van der Waals surface area contributed by atoms with E-state index in [1.54, 1.807) is 0 Å². The molecule has 0 bridgehead atoms. The second-order valence-corrected chi connectivity index (χ2v) is 0.866. The number of hydrogen-bond donors (Lipinski definition) is 0. The third-order valence-corrected chi connectivity index (χ3v) is 0.289. The maximum atomic E-state index is 2.25. The fourth-order valence-electron chi connectivity index (χ4n) is 0. The summed E-state index contributed by atoms with van der Waals surface area (Å²) in [5.74, 6) is 0. The van der Waals surface area contributed by atoms with E-state index in [1.807, 2.05) is 0 Å². The van der Waals surface area contributed by atoms with Gasteiger partial charge in [0.2, 0.25) is 0 Å². The van der Waals surface area contributed by atoms with Gasteiger partial charge in [-0.3, -0.25) is 0 Å². The molecule has 0 nitrogen and oxygen atoms in total. The second kappa shape index (κ2) is 9.32. The van der Waals surface area contributed by atoms with Crippen LogP contribution in [0.1, 0.15) is 12.8 Å². The molecule has 1 saturated carbocycles. The van der Waals surface area contributed by atoms with E-state index in [1.165, 1.54) is 12.8 Å². The maximum absolute atomic E-state index is 2.25. The zero-order chi connectivity index (χ0) is 2.12. The normalized spacial score (nSPS) is 12.0. The molecule has 0 aromatic heterocycles. The van der Waals surface area contributed by atoms with E-state index >= 15 is 0 Å². The minimum atomic E-state index is 0. The number of halogens is 1. The van der Waals surface area contributed by atoms with E-state index in [9.17, 15) is 0 Å². The van der Waals surface area contributed by atoms with E-state index in [-0.39, 0.29) is 39.3 Å². The van der Waals surface area contributed by atoms with Crippen LogP contribution in [-0.4, -0.2) is 0 Å². The van der Waals surface area contributed by atoms with Gasteiger partial charge in [0, 0.05) is 0 Å². The first-order valence-electron chi connectivity index (χ1n) is 1.32. The van der Waals surface area contributed by atoms with Crippen LogP contribution in [0.2, 0.25) is 0 Å².